The van der Waals surface area contributed by atoms with Gasteiger partial charge in [0.05, 0.1) is 12.8 Å². The summed E-state index contributed by atoms with van der Waals surface area (Å²) >= 11 is 1.67. The minimum absolute atomic E-state index is 0.849. The van der Waals surface area contributed by atoms with E-state index in [9.17, 15) is 0 Å². The first-order chi connectivity index (χ1) is 11.1. The van der Waals surface area contributed by atoms with Gasteiger partial charge in [-0.25, -0.2) is 4.98 Å². The van der Waals surface area contributed by atoms with Crippen molar-refractivity contribution in [2.45, 2.75) is 20.8 Å². The van der Waals surface area contributed by atoms with E-state index in [0.29, 0.717) is 0 Å². The molecule has 118 valence electrons. The van der Waals surface area contributed by atoms with Crippen LogP contribution >= 0.6 is 11.3 Å². The molecule has 0 bridgehead atoms. The lowest BCUT2D eigenvalue weighted by atomic mass is 10.0. The molecule has 1 N–H and O–H groups in total. The maximum absolute atomic E-state index is 5.18. The lowest BCUT2D eigenvalue weighted by Crippen LogP contribution is -1.91. The molecule has 3 rings (SSSR count). The molecular weight excluding hydrogens is 304 g/mol. The number of thiazole rings is 1. The van der Waals surface area contributed by atoms with Gasteiger partial charge in [-0.1, -0.05) is 23.8 Å². The van der Waals surface area contributed by atoms with E-state index < -0.39 is 0 Å². The molecule has 0 fully saturated rings. The normalized spacial score (nSPS) is 10.6. The fourth-order valence-corrected chi connectivity index (χ4v) is 3.43. The number of hydrogen-bond acceptors (Lipinski definition) is 4. The number of nitrogens with zero attached hydrogens (tertiary/aromatic N) is 1. The summed E-state index contributed by atoms with van der Waals surface area (Å²) < 4.78 is 5.18. The van der Waals surface area contributed by atoms with Crippen molar-refractivity contribution in [3.63, 3.8) is 0 Å². The quantitative estimate of drug-likeness (QED) is 0.689. The summed E-state index contributed by atoms with van der Waals surface area (Å²) in [6, 6.07) is 14.4. The van der Waals surface area contributed by atoms with Crippen molar-refractivity contribution in [1.82, 2.24) is 4.98 Å². The summed E-state index contributed by atoms with van der Waals surface area (Å²) in [7, 11) is 1.67. The highest BCUT2D eigenvalue weighted by Crippen LogP contribution is 2.34. The van der Waals surface area contributed by atoms with E-state index in [1.54, 1.807) is 18.4 Å². The molecule has 0 amide bonds. The number of ether oxygens (including phenoxy) is 1. The summed E-state index contributed by atoms with van der Waals surface area (Å²) in [6.07, 6.45) is 0. The first-order valence-corrected chi connectivity index (χ1v) is 8.34. The number of nitrogens with one attached hydrogen (secondary N) is 1. The van der Waals surface area contributed by atoms with Crippen molar-refractivity contribution in [3.05, 3.63) is 58.5 Å². The minimum Gasteiger partial charge on any atom is -0.497 e. The van der Waals surface area contributed by atoms with Gasteiger partial charge in [-0.05, 0) is 50.6 Å². The van der Waals surface area contributed by atoms with Crippen molar-refractivity contribution in [3.8, 4) is 17.0 Å². The van der Waals surface area contributed by atoms with Crippen molar-refractivity contribution in [2.75, 3.05) is 12.4 Å². The zero-order chi connectivity index (χ0) is 16.4. The molecule has 0 saturated carbocycles. The summed E-state index contributed by atoms with van der Waals surface area (Å²) in [5, 5.41) is 4.27. The van der Waals surface area contributed by atoms with E-state index in [4.69, 9.17) is 9.72 Å². The van der Waals surface area contributed by atoms with Gasteiger partial charge in [-0.3, -0.25) is 0 Å². The minimum atomic E-state index is 0.849. The van der Waals surface area contributed by atoms with Crippen LogP contribution in [0.5, 0.6) is 5.75 Å². The number of hydrogen-bond donors (Lipinski definition) is 1. The molecule has 0 radical (unpaired) electrons. The van der Waals surface area contributed by atoms with E-state index in [0.717, 1.165) is 22.3 Å². The van der Waals surface area contributed by atoms with Crippen LogP contribution in [0, 0.1) is 20.8 Å². The Morgan fingerprint density at radius 2 is 1.74 bits per heavy atom. The maximum Gasteiger partial charge on any atom is 0.187 e. The monoisotopic (exact) mass is 324 g/mol. The molecule has 0 spiro atoms. The second kappa shape index (κ2) is 6.42. The van der Waals surface area contributed by atoms with Gasteiger partial charge in [-0.15, -0.1) is 11.3 Å². The van der Waals surface area contributed by atoms with Crippen LogP contribution < -0.4 is 10.1 Å². The van der Waals surface area contributed by atoms with Crippen LogP contribution in [0.3, 0.4) is 0 Å². The second-order valence-electron chi connectivity index (χ2n) is 5.60. The van der Waals surface area contributed by atoms with Crippen molar-refractivity contribution >= 4 is 22.2 Å². The molecule has 3 aromatic rings. The Morgan fingerprint density at radius 1 is 1.00 bits per heavy atom. The van der Waals surface area contributed by atoms with Gasteiger partial charge >= 0.3 is 0 Å². The maximum atomic E-state index is 5.18. The van der Waals surface area contributed by atoms with Crippen LogP contribution in [0.1, 0.15) is 16.0 Å². The molecule has 1 heterocycles. The Hall–Kier alpha value is -2.33. The fourth-order valence-electron chi connectivity index (χ4n) is 2.58. The topological polar surface area (TPSA) is 34.1 Å². The smallest absolute Gasteiger partial charge is 0.187 e. The SMILES string of the molecule is COc1ccc(Nc2nc(-c3ccc(C)cc3C)c(C)s2)cc1. The molecule has 2 aromatic carbocycles. The predicted octanol–water partition coefficient (Wildman–Crippen LogP) is 5.49. The zero-order valence-corrected chi connectivity index (χ0v) is 14.6. The van der Waals surface area contributed by atoms with Crippen molar-refractivity contribution in [2.24, 2.45) is 0 Å². The zero-order valence-electron chi connectivity index (χ0n) is 13.8. The van der Waals surface area contributed by atoms with E-state index in [2.05, 4.69) is 44.3 Å². The summed E-state index contributed by atoms with van der Waals surface area (Å²) in [5.74, 6) is 0.849. The van der Waals surface area contributed by atoms with Crippen LogP contribution in [-0.4, -0.2) is 12.1 Å². The average molecular weight is 324 g/mol. The molecule has 3 nitrogen and oxygen atoms in total. The van der Waals surface area contributed by atoms with E-state index in [1.165, 1.54) is 21.6 Å². The molecule has 0 aliphatic carbocycles. The van der Waals surface area contributed by atoms with Gasteiger partial charge in [0.15, 0.2) is 5.13 Å². The molecular formula is C19H20N2OS. The standard InChI is InChI=1S/C19H20N2OS/c1-12-5-10-17(13(2)11-12)18-14(3)23-19(21-18)20-15-6-8-16(22-4)9-7-15/h5-11H,1-4H3,(H,20,21). The van der Waals surface area contributed by atoms with Gasteiger partial charge in [0.25, 0.3) is 0 Å². The van der Waals surface area contributed by atoms with Crippen LogP contribution in [0.4, 0.5) is 10.8 Å². The molecule has 0 aliphatic heterocycles. The molecule has 4 heteroatoms. The Kier molecular flexibility index (Phi) is 4.35. The highest BCUT2D eigenvalue weighted by Gasteiger charge is 2.12. The number of methoxy groups -OCH3 is 1. The molecule has 0 aliphatic rings. The Balaban J connectivity index is 1.88. The number of anilines is 2. The Morgan fingerprint density at radius 3 is 2.39 bits per heavy atom. The molecule has 23 heavy (non-hydrogen) atoms. The summed E-state index contributed by atoms with van der Waals surface area (Å²) in [5.41, 5.74) is 5.80. The van der Waals surface area contributed by atoms with Crippen LogP contribution in [0.25, 0.3) is 11.3 Å². The molecule has 0 saturated heterocycles. The first-order valence-electron chi connectivity index (χ1n) is 7.53. The van der Waals surface area contributed by atoms with Crippen LogP contribution in [0.2, 0.25) is 0 Å². The van der Waals surface area contributed by atoms with Crippen molar-refractivity contribution < 1.29 is 4.74 Å². The first kappa shape index (κ1) is 15.6. The third-order valence-electron chi connectivity index (χ3n) is 3.77. The second-order valence-corrected chi connectivity index (χ2v) is 6.80. The third-order valence-corrected chi connectivity index (χ3v) is 4.66. The van der Waals surface area contributed by atoms with Crippen molar-refractivity contribution in [1.29, 1.82) is 0 Å². The third kappa shape index (κ3) is 3.37. The van der Waals surface area contributed by atoms with Gasteiger partial charge in [-0.2, -0.15) is 0 Å². The van der Waals surface area contributed by atoms with Gasteiger partial charge < -0.3 is 10.1 Å². The van der Waals surface area contributed by atoms with Gasteiger partial charge in [0.2, 0.25) is 0 Å². The largest absolute Gasteiger partial charge is 0.497 e. The fraction of sp³-hybridized carbons (Fsp3) is 0.211. The number of aryl methyl sites for hydroxylation is 3. The summed E-state index contributed by atoms with van der Waals surface area (Å²) in [4.78, 5) is 6.00. The highest BCUT2D eigenvalue weighted by molar-refractivity contribution is 7.16. The predicted molar refractivity (Wildman–Crippen MR) is 98.0 cm³/mol. The Labute approximate surface area is 141 Å². The Bertz CT molecular complexity index is 822. The van der Waals surface area contributed by atoms with Gasteiger partial charge in [0.1, 0.15) is 5.75 Å². The molecule has 0 unspecified atom stereocenters. The van der Waals surface area contributed by atoms with E-state index >= 15 is 0 Å². The van der Waals surface area contributed by atoms with Crippen LogP contribution in [-0.2, 0) is 0 Å². The summed E-state index contributed by atoms with van der Waals surface area (Å²) in [6.45, 7) is 6.37. The number of benzene rings is 2. The van der Waals surface area contributed by atoms with Crippen LogP contribution in [0.15, 0.2) is 42.5 Å². The highest BCUT2D eigenvalue weighted by atomic mass is 32.1. The number of rotatable bonds is 4. The van der Waals surface area contributed by atoms with E-state index in [1.807, 2.05) is 24.3 Å². The molecule has 0 atom stereocenters. The van der Waals surface area contributed by atoms with Gasteiger partial charge in [0, 0.05) is 16.1 Å². The lowest BCUT2D eigenvalue weighted by Gasteiger charge is -2.05. The average Bonchev–Trinajstić information content (AvgIpc) is 2.88. The van der Waals surface area contributed by atoms with E-state index in [-0.39, 0.29) is 0 Å². The molecule has 1 aromatic heterocycles. The number of aromatic nitrogens is 1. The lowest BCUT2D eigenvalue weighted by molar-refractivity contribution is 0.415.